The summed E-state index contributed by atoms with van der Waals surface area (Å²) in [5.74, 6) is 0.523. The summed E-state index contributed by atoms with van der Waals surface area (Å²) in [5, 5.41) is 2.72. The number of rotatable bonds is 5. The first-order valence-corrected chi connectivity index (χ1v) is 8.02. The summed E-state index contributed by atoms with van der Waals surface area (Å²) in [6.07, 6.45) is 0.613. The van der Waals surface area contributed by atoms with Crippen LogP contribution in [0.1, 0.15) is 12.0 Å². The molecule has 0 saturated heterocycles. The van der Waals surface area contributed by atoms with Gasteiger partial charge in [-0.25, -0.2) is 0 Å². The molecule has 0 spiro atoms. The smallest absolute Gasteiger partial charge is 0.236 e. The van der Waals surface area contributed by atoms with Crippen LogP contribution in [-0.4, -0.2) is 32.6 Å². The lowest BCUT2D eigenvalue weighted by molar-refractivity contribution is -0.125. The van der Waals surface area contributed by atoms with Crippen molar-refractivity contribution < 1.29 is 19.1 Å². The highest BCUT2D eigenvalue weighted by Gasteiger charge is 2.25. The van der Waals surface area contributed by atoms with E-state index < -0.39 is 0 Å². The molecule has 0 aromatic heterocycles. The van der Waals surface area contributed by atoms with Crippen LogP contribution in [0.25, 0.3) is 0 Å². The van der Waals surface area contributed by atoms with E-state index >= 15 is 0 Å². The topological polar surface area (TPSA) is 67.9 Å². The second-order valence-corrected chi connectivity index (χ2v) is 5.72. The zero-order valence-electron chi connectivity index (χ0n) is 14.2. The molecule has 0 saturated carbocycles. The monoisotopic (exact) mass is 340 g/mol. The van der Waals surface area contributed by atoms with Crippen LogP contribution in [-0.2, 0) is 16.0 Å². The SMILES string of the molecule is COc1ccc(NC(=O)CC(=O)N2CCc3ccccc32)cc1OC. The molecule has 0 bridgehead atoms. The van der Waals surface area contributed by atoms with Gasteiger partial charge in [0.25, 0.3) is 0 Å². The molecule has 2 amide bonds. The number of benzene rings is 2. The van der Waals surface area contributed by atoms with Gasteiger partial charge in [-0.3, -0.25) is 9.59 Å². The van der Waals surface area contributed by atoms with Gasteiger partial charge in [-0.05, 0) is 30.2 Å². The normalized spacial score (nSPS) is 12.5. The van der Waals surface area contributed by atoms with Crippen molar-refractivity contribution in [3.05, 3.63) is 48.0 Å². The standard InChI is InChI=1S/C19H20N2O4/c1-24-16-8-7-14(11-17(16)25-2)20-18(22)12-19(23)21-10-9-13-5-3-4-6-15(13)21/h3-8,11H,9-10,12H2,1-2H3,(H,20,22). The Kier molecular flexibility index (Phi) is 4.88. The van der Waals surface area contributed by atoms with Crippen molar-refractivity contribution in [2.24, 2.45) is 0 Å². The van der Waals surface area contributed by atoms with E-state index in [-0.39, 0.29) is 18.2 Å². The third kappa shape index (κ3) is 3.57. The number of amides is 2. The van der Waals surface area contributed by atoms with Gasteiger partial charge in [-0.2, -0.15) is 0 Å². The first kappa shape index (κ1) is 16.8. The van der Waals surface area contributed by atoms with Crippen molar-refractivity contribution in [3.8, 4) is 11.5 Å². The highest BCUT2D eigenvalue weighted by molar-refractivity contribution is 6.09. The van der Waals surface area contributed by atoms with Crippen molar-refractivity contribution >= 4 is 23.2 Å². The van der Waals surface area contributed by atoms with Crippen LogP contribution in [0.3, 0.4) is 0 Å². The minimum atomic E-state index is -0.360. The van der Waals surface area contributed by atoms with Crippen molar-refractivity contribution in [3.63, 3.8) is 0 Å². The molecule has 3 rings (SSSR count). The quantitative estimate of drug-likeness (QED) is 0.850. The van der Waals surface area contributed by atoms with Gasteiger partial charge >= 0.3 is 0 Å². The van der Waals surface area contributed by atoms with Gasteiger partial charge in [0.2, 0.25) is 11.8 Å². The second kappa shape index (κ2) is 7.25. The van der Waals surface area contributed by atoms with E-state index in [2.05, 4.69) is 5.32 Å². The van der Waals surface area contributed by atoms with Crippen LogP contribution in [0.5, 0.6) is 11.5 Å². The number of para-hydroxylation sites is 1. The number of nitrogens with zero attached hydrogens (tertiary/aromatic N) is 1. The molecule has 0 fully saturated rings. The fourth-order valence-electron chi connectivity index (χ4n) is 2.95. The molecule has 1 aliphatic rings. The van der Waals surface area contributed by atoms with Crippen LogP contribution in [0.2, 0.25) is 0 Å². The van der Waals surface area contributed by atoms with Crippen LogP contribution in [0.15, 0.2) is 42.5 Å². The van der Waals surface area contributed by atoms with Gasteiger partial charge in [0.1, 0.15) is 6.42 Å². The molecule has 1 N–H and O–H groups in total. The minimum absolute atomic E-state index is 0.206. The maximum Gasteiger partial charge on any atom is 0.236 e. The molecule has 6 heteroatoms. The van der Waals surface area contributed by atoms with Crippen molar-refractivity contribution in [2.45, 2.75) is 12.8 Å². The Labute approximate surface area is 146 Å². The largest absolute Gasteiger partial charge is 0.493 e. The maximum absolute atomic E-state index is 12.5. The summed E-state index contributed by atoms with van der Waals surface area (Å²) >= 11 is 0. The summed E-state index contributed by atoms with van der Waals surface area (Å²) in [5.41, 5.74) is 2.58. The van der Waals surface area contributed by atoms with Gasteiger partial charge in [0.15, 0.2) is 11.5 Å². The number of hydrogen-bond donors (Lipinski definition) is 1. The lowest BCUT2D eigenvalue weighted by Crippen LogP contribution is -2.32. The Balaban J connectivity index is 1.64. The number of nitrogens with one attached hydrogen (secondary N) is 1. The summed E-state index contributed by atoms with van der Waals surface area (Å²) < 4.78 is 10.4. The molecule has 0 aliphatic carbocycles. The zero-order valence-corrected chi connectivity index (χ0v) is 14.2. The molecule has 25 heavy (non-hydrogen) atoms. The Bertz CT molecular complexity index is 804. The Hall–Kier alpha value is -3.02. The Morgan fingerprint density at radius 1 is 1.08 bits per heavy atom. The number of anilines is 2. The van der Waals surface area contributed by atoms with E-state index in [1.165, 1.54) is 7.11 Å². The number of carbonyl (C=O) groups excluding carboxylic acids is 2. The molecular weight excluding hydrogens is 320 g/mol. The maximum atomic E-state index is 12.5. The summed E-state index contributed by atoms with van der Waals surface area (Å²) in [6, 6.07) is 12.8. The molecule has 6 nitrogen and oxygen atoms in total. The van der Waals surface area contributed by atoms with Gasteiger partial charge in [0, 0.05) is 24.0 Å². The Morgan fingerprint density at radius 3 is 2.60 bits per heavy atom. The van der Waals surface area contributed by atoms with Gasteiger partial charge in [-0.15, -0.1) is 0 Å². The van der Waals surface area contributed by atoms with E-state index in [4.69, 9.17) is 9.47 Å². The molecule has 0 radical (unpaired) electrons. The molecule has 130 valence electrons. The molecule has 1 heterocycles. The number of methoxy groups -OCH3 is 2. The van der Waals surface area contributed by atoms with E-state index in [1.807, 2.05) is 24.3 Å². The van der Waals surface area contributed by atoms with Crippen LogP contribution < -0.4 is 19.7 Å². The molecule has 2 aromatic carbocycles. The molecule has 0 unspecified atom stereocenters. The summed E-state index contributed by atoms with van der Waals surface area (Å²) in [6.45, 7) is 0.613. The molecule has 0 atom stereocenters. The predicted molar refractivity (Wildman–Crippen MR) is 95.3 cm³/mol. The zero-order chi connectivity index (χ0) is 17.8. The third-order valence-electron chi connectivity index (χ3n) is 4.17. The highest BCUT2D eigenvalue weighted by atomic mass is 16.5. The van der Waals surface area contributed by atoms with Gasteiger partial charge in [0.05, 0.1) is 14.2 Å². The van der Waals surface area contributed by atoms with Crippen LogP contribution in [0, 0.1) is 0 Å². The Morgan fingerprint density at radius 2 is 1.84 bits per heavy atom. The minimum Gasteiger partial charge on any atom is -0.493 e. The van der Waals surface area contributed by atoms with Crippen molar-refractivity contribution in [1.29, 1.82) is 0 Å². The first-order chi connectivity index (χ1) is 12.1. The third-order valence-corrected chi connectivity index (χ3v) is 4.17. The number of hydrogen-bond acceptors (Lipinski definition) is 4. The lowest BCUT2D eigenvalue weighted by Gasteiger charge is -2.17. The van der Waals surface area contributed by atoms with E-state index in [9.17, 15) is 9.59 Å². The van der Waals surface area contributed by atoms with Crippen LogP contribution >= 0.6 is 0 Å². The summed E-state index contributed by atoms with van der Waals surface area (Å²) in [4.78, 5) is 26.3. The van der Waals surface area contributed by atoms with Crippen molar-refractivity contribution in [2.75, 3.05) is 31.0 Å². The number of carbonyl (C=O) groups is 2. The highest BCUT2D eigenvalue weighted by Crippen LogP contribution is 2.30. The molecular formula is C19H20N2O4. The fourth-order valence-corrected chi connectivity index (χ4v) is 2.95. The van der Waals surface area contributed by atoms with Gasteiger partial charge < -0.3 is 19.7 Å². The lowest BCUT2D eigenvalue weighted by atomic mass is 10.2. The average Bonchev–Trinajstić information content (AvgIpc) is 3.05. The first-order valence-electron chi connectivity index (χ1n) is 8.02. The molecule has 1 aliphatic heterocycles. The van der Waals surface area contributed by atoms with E-state index in [0.29, 0.717) is 23.7 Å². The van der Waals surface area contributed by atoms with Gasteiger partial charge in [-0.1, -0.05) is 18.2 Å². The second-order valence-electron chi connectivity index (χ2n) is 5.72. The summed E-state index contributed by atoms with van der Waals surface area (Å²) in [7, 11) is 3.07. The predicted octanol–water partition coefficient (Wildman–Crippen LogP) is 2.62. The number of fused-ring (bicyclic) bond motifs is 1. The number of ether oxygens (including phenoxy) is 2. The van der Waals surface area contributed by atoms with Crippen LogP contribution in [0.4, 0.5) is 11.4 Å². The van der Waals surface area contributed by atoms with E-state index in [1.54, 1.807) is 30.2 Å². The van der Waals surface area contributed by atoms with Crippen molar-refractivity contribution in [1.82, 2.24) is 0 Å². The molecule has 2 aromatic rings. The fraction of sp³-hybridized carbons (Fsp3) is 0.263. The van der Waals surface area contributed by atoms with E-state index in [0.717, 1.165) is 17.7 Å². The average molecular weight is 340 g/mol.